The largest absolute Gasteiger partial charge is 0.383 e. The quantitative estimate of drug-likeness (QED) is 0.868. The highest BCUT2D eigenvalue weighted by atomic mass is 79.9. The Hall–Kier alpha value is -0.920. The van der Waals surface area contributed by atoms with E-state index in [9.17, 15) is 4.79 Å². The van der Waals surface area contributed by atoms with Gasteiger partial charge < -0.3 is 15.0 Å². The molecule has 20 heavy (non-hydrogen) atoms. The number of nitrogens with zero attached hydrogens (tertiary/aromatic N) is 3. The van der Waals surface area contributed by atoms with E-state index in [2.05, 4.69) is 38.3 Å². The van der Waals surface area contributed by atoms with Gasteiger partial charge in [-0.15, -0.1) is 0 Å². The van der Waals surface area contributed by atoms with Crippen LogP contribution in [0, 0.1) is 0 Å². The number of hydrogen-bond donors (Lipinski definition) is 1. The fourth-order valence-electron chi connectivity index (χ4n) is 2.41. The van der Waals surface area contributed by atoms with Crippen LogP contribution >= 0.6 is 15.9 Å². The van der Waals surface area contributed by atoms with Crippen LogP contribution < -0.4 is 10.9 Å². The molecule has 7 heteroatoms. The minimum atomic E-state index is -0.129. The molecule has 1 aliphatic rings. The maximum absolute atomic E-state index is 12.1. The summed E-state index contributed by atoms with van der Waals surface area (Å²) in [7, 11) is 3.72. The summed E-state index contributed by atoms with van der Waals surface area (Å²) in [6, 6.07) is 0.362. The number of aromatic nitrogens is 2. The lowest BCUT2D eigenvalue weighted by Gasteiger charge is -2.31. The van der Waals surface area contributed by atoms with Crippen LogP contribution in [0.25, 0.3) is 0 Å². The zero-order valence-corrected chi connectivity index (χ0v) is 13.5. The van der Waals surface area contributed by atoms with Gasteiger partial charge in [0.15, 0.2) is 0 Å². The molecule has 0 spiro atoms. The Kier molecular flexibility index (Phi) is 5.56. The smallest absolute Gasteiger partial charge is 0.283 e. The molecule has 0 amide bonds. The zero-order valence-electron chi connectivity index (χ0n) is 11.9. The second-order valence-electron chi connectivity index (χ2n) is 5.14. The first-order valence-corrected chi connectivity index (χ1v) is 7.60. The van der Waals surface area contributed by atoms with E-state index in [0.717, 1.165) is 25.2 Å². The minimum absolute atomic E-state index is 0.129. The lowest BCUT2D eigenvalue weighted by Crippen LogP contribution is -2.40. The summed E-state index contributed by atoms with van der Waals surface area (Å²) in [5.41, 5.74) is 0.639. The number of anilines is 1. The van der Waals surface area contributed by atoms with Crippen molar-refractivity contribution in [1.82, 2.24) is 14.7 Å². The van der Waals surface area contributed by atoms with Gasteiger partial charge in [-0.05, 0) is 42.4 Å². The van der Waals surface area contributed by atoms with Gasteiger partial charge in [0, 0.05) is 19.7 Å². The van der Waals surface area contributed by atoms with E-state index in [0.29, 0.717) is 23.7 Å². The van der Waals surface area contributed by atoms with E-state index >= 15 is 0 Å². The van der Waals surface area contributed by atoms with Crippen LogP contribution in [-0.4, -0.2) is 54.6 Å². The molecule has 1 saturated heterocycles. The third kappa shape index (κ3) is 3.80. The van der Waals surface area contributed by atoms with Gasteiger partial charge in [-0.3, -0.25) is 4.79 Å². The Bertz CT molecular complexity index is 506. The Balaban J connectivity index is 2.09. The van der Waals surface area contributed by atoms with Crippen LogP contribution in [0.1, 0.15) is 12.8 Å². The van der Waals surface area contributed by atoms with Crippen molar-refractivity contribution in [3.63, 3.8) is 0 Å². The molecule has 2 rings (SSSR count). The van der Waals surface area contributed by atoms with Gasteiger partial charge in [0.05, 0.1) is 25.0 Å². The van der Waals surface area contributed by atoms with Crippen LogP contribution in [0.5, 0.6) is 0 Å². The number of rotatable bonds is 5. The van der Waals surface area contributed by atoms with E-state index in [-0.39, 0.29) is 5.56 Å². The maximum atomic E-state index is 12.1. The predicted molar refractivity (Wildman–Crippen MR) is 82.2 cm³/mol. The fraction of sp³-hybridized carbons (Fsp3) is 0.692. The average molecular weight is 345 g/mol. The highest BCUT2D eigenvalue weighted by Gasteiger charge is 2.18. The van der Waals surface area contributed by atoms with Crippen molar-refractivity contribution in [2.45, 2.75) is 25.4 Å². The molecule has 1 N–H and O–H groups in total. The second-order valence-corrected chi connectivity index (χ2v) is 5.93. The van der Waals surface area contributed by atoms with Crippen LogP contribution in [-0.2, 0) is 11.3 Å². The summed E-state index contributed by atoms with van der Waals surface area (Å²) in [5, 5.41) is 7.59. The predicted octanol–water partition coefficient (Wildman–Crippen LogP) is 1.16. The number of likely N-dealkylation sites (tertiary alicyclic amines) is 1. The van der Waals surface area contributed by atoms with Crippen molar-refractivity contribution in [3.8, 4) is 0 Å². The Morgan fingerprint density at radius 1 is 1.60 bits per heavy atom. The average Bonchev–Trinajstić information content (AvgIpc) is 2.43. The summed E-state index contributed by atoms with van der Waals surface area (Å²) in [4.78, 5) is 14.4. The molecular weight excluding hydrogens is 324 g/mol. The summed E-state index contributed by atoms with van der Waals surface area (Å²) >= 11 is 3.37. The first-order valence-electron chi connectivity index (χ1n) is 6.81. The summed E-state index contributed by atoms with van der Waals surface area (Å²) < 4.78 is 6.92. The highest BCUT2D eigenvalue weighted by Crippen LogP contribution is 2.20. The van der Waals surface area contributed by atoms with Crippen molar-refractivity contribution < 1.29 is 4.74 Å². The Morgan fingerprint density at radius 2 is 2.40 bits per heavy atom. The van der Waals surface area contributed by atoms with Crippen LogP contribution in [0.15, 0.2) is 15.5 Å². The van der Waals surface area contributed by atoms with Crippen molar-refractivity contribution in [1.29, 1.82) is 0 Å². The van der Waals surface area contributed by atoms with Crippen molar-refractivity contribution in [2.75, 3.05) is 39.2 Å². The van der Waals surface area contributed by atoms with Crippen LogP contribution in [0.2, 0.25) is 0 Å². The van der Waals surface area contributed by atoms with E-state index in [4.69, 9.17) is 4.74 Å². The molecule has 112 valence electrons. The first-order chi connectivity index (χ1) is 9.61. The van der Waals surface area contributed by atoms with Crippen LogP contribution in [0.3, 0.4) is 0 Å². The normalized spacial score (nSPS) is 20.1. The molecular formula is C13H21BrN4O2. The molecule has 0 aromatic carbocycles. The maximum Gasteiger partial charge on any atom is 0.283 e. The molecule has 1 atom stereocenters. The molecule has 1 aromatic heterocycles. The molecule has 0 aliphatic carbocycles. The van der Waals surface area contributed by atoms with Gasteiger partial charge >= 0.3 is 0 Å². The van der Waals surface area contributed by atoms with Gasteiger partial charge in [0.1, 0.15) is 4.47 Å². The molecule has 1 fully saturated rings. The van der Waals surface area contributed by atoms with Crippen LogP contribution in [0.4, 0.5) is 5.69 Å². The summed E-state index contributed by atoms with van der Waals surface area (Å²) in [6.45, 7) is 3.05. The number of halogens is 1. The third-order valence-electron chi connectivity index (χ3n) is 3.48. The lowest BCUT2D eigenvalue weighted by molar-refractivity contribution is 0.181. The Labute approximate surface area is 127 Å². The number of methoxy groups -OCH3 is 1. The monoisotopic (exact) mass is 344 g/mol. The molecule has 0 bridgehead atoms. The number of piperidine rings is 1. The van der Waals surface area contributed by atoms with E-state index < -0.39 is 0 Å². The lowest BCUT2D eigenvalue weighted by atomic mass is 10.1. The van der Waals surface area contributed by atoms with E-state index in [1.807, 2.05) is 0 Å². The second kappa shape index (κ2) is 7.19. The van der Waals surface area contributed by atoms with Gasteiger partial charge in [-0.1, -0.05) is 0 Å². The topological polar surface area (TPSA) is 59.4 Å². The van der Waals surface area contributed by atoms with Gasteiger partial charge in [0.2, 0.25) is 0 Å². The molecule has 6 nitrogen and oxygen atoms in total. The molecule has 2 heterocycles. The number of ether oxygens (including phenoxy) is 1. The highest BCUT2D eigenvalue weighted by molar-refractivity contribution is 9.10. The van der Waals surface area contributed by atoms with E-state index in [1.54, 1.807) is 13.3 Å². The molecule has 0 radical (unpaired) electrons. The van der Waals surface area contributed by atoms with Crippen molar-refractivity contribution >= 4 is 21.6 Å². The van der Waals surface area contributed by atoms with Gasteiger partial charge in [-0.25, -0.2) is 4.68 Å². The van der Waals surface area contributed by atoms with Gasteiger partial charge in [-0.2, -0.15) is 5.10 Å². The Morgan fingerprint density at radius 3 is 3.10 bits per heavy atom. The number of nitrogens with one attached hydrogen (secondary N) is 1. The molecule has 1 unspecified atom stereocenters. The fourth-order valence-corrected chi connectivity index (χ4v) is 2.83. The molecule has 1 aliphatic heterocycles. The third-order valence-corrected chi connectivity index (χ3v) is 4.24. The molecule has 1 aromatic rings. The van der Waals surface area contributed by atoms with Crippen molar-refractivity contribution in [3.05, 3.63) is 21.0 Å². The van der Waals surface area contributed by atoms with Gasteiger partial charge in [0.25, 0.3) is 5.56 Å². The first kappa shape index (κ1) is 15.5. The summed E-state index contributed by atoms with van der Waals surface area (Å²) in [6.07, 6.45) is 3.99. The zero-order chi connectivity index (χ0) is 14.5. The van der Waals surface area contributed by atoms with E-state index in [1.165, 1.54) is 11.1 Å². The summed E-state index contributed by atoms with van der Waals surface area (Å²) in [5.74, 6) is 0. The number of likely N-dealkylation sites (N-methyl/N-ethyl adjacent to an activating group) is 1. The molecule has 0 saturated carbocycles. The number of hydrogen-bond acceptors (Lipinski definition) is 5. The standard InChI is InChI=1S/C13H21BrN4O2/c1-17-5-3-4-10(9-17)16-11-8-15-18(6-7-20-2)13(19)12(11)14/h8,10,16H,3-7,9H2,1-2H3. The minimum Gasteiger partial charge on any atom is -0.383 e. The van der Waals surface area contributed by atoms with Crippen molar-refractivity contribution in [2.24, 2.45) is 0 Å². The SMILES string of the molecule is COCCn1ncc(NC2CCCN(C)C2)c(Br)c1=O.